The number of benzene rings is 2. The zero-order valence-electron chi connectivity index (χ0n) is 19.2. The van der Waals surface area contributed by atoms with Crippen molar-refractivity contribution in [1.82, 2.24) is 4.90 Å². The Morgan fingerprint density at radius 1 is 1.09 bits per heavy atom. The van der Waals surface area contributed by atoms with Crippen LogP contribution in [-0.4, -0.2) is 42.4 Å². The van der Waals surface area contributed by atoms with Crippen LogP contribution in [0.3, 0.4) is 0 Å². The van der Waals surface area contributed by atoms with Crippen LogP contribution in [-0.2, 0) is 11.2 Å². The maximum atomic E-state index is 13.5. The molecular weight excluding hydrogens is 414 g/mol. The van der Waals surface area contributed by atoms with Crippen LogP contribution in [0.4, 0.5) is 11.4 Å². The smallest absolute Gasteiger partial charge is 0.294 e. The average molecular weight is 446 g/mol. The minimum Gasteiger partial charge on any atom is -0.459 e. The Kier molecular flexibility index (Phi) is 7.25. The van der Waals surface area contributed by atoms with E-state index in [1.807, 2.05) is 35.2 Å². The standard InChI is InChI=1S/C27H31N3O3/c1-20-19-29(15-13-22-8-4-3-5-9-22)16-14-25(20)30(27(32)26-12-7-17-33-26)24-11-6-10-23(18-24)28-21(2)31/h3-12,17-18,20,25H,13-16,19H2,1-2H3,(H,28,31)/t20-,25+/m1/s1. The molecule has 2 aromatic carbocycles. The summed E-state index contributed by atoms with van der Waals surface area (Å²) >= 11 is 0. The number of rotatable bonds is 7. The van der Waals surface area contributed by atoms with Crippen molar-refractivity contribution < 1.29 is 14.0 Å². The van der Waals surface area contributed by atoms with E-state index < -0.39 is 0 Å². The lowest BCUT2D eigenvalue weighted by molar-refractivity contribution is -0.114. The maximum Gasteiger partial charge on any atom is 0.294 e. The quantitative estimate of drug-likeness (QED) is 0.565. The highest BCUT2D eigenvalue weighted by atomic mass is 16.3. The first-order chi connectivity index (χ1) is 16.0. The van der Waals surface area contributed by atoms with Gasteiger partial charge in [-0.3, -0.25) is 9.59 Å². The second-order valence-electron chi connectivity index (χ2n) is 8.75. The van der Waals surface area contributed by atoms with E-state index >= 15 is 0 Å². The summed E-state index contributed by atoms with van der Waals surface area (Å²) in [6.45, 7) is 6.54. The second-order valence-corrected chi connectivity index (χ2v) is 8.75. The Morgan fingerprint density at radius 2 is 1.91 bits per heavy atom. The molecule has 172 valence electrons. The summed E-state index contributed by atoms with van der Waals surface area (Å²) in [4.78, 5) is 29.4. The highest BCUT2D eigenvalue weighted by Gasteiger charge is 2.35. The van der Waals surface area contributed by atoms with Gasteiger partial charge in [0.05, 0.1) is 6.26 Å². The number of amides is 2. The molecule has 0 bridgehead atoms. The third-order valence-electron chi connectivity index (χ3n) is 6.23. The van der Waals surface area contributed by atoms with Gasteiger partial charge in [-0.15, -0.1) is 0 Å². The first-order valence-corrected chi connectivity index (χ1v) is 11.5. The van der Waals surface area contributed by atoms with Gasteiger partial charge in [0, 0.05) is 44.0 Å². The number of hydrogen-bond donors (Lipinski definition) is 1. The first kappa shape index (κ1) is 22.8. The third kappa shape index (κ3) is 5.71. The average Bonchev–Trinajstić information content (AvgIpc) is 3.35. The predicted octanol–water partition coefficient (Wildman–Crippen LogP) is 4.84. The van der Waals surface area contributed by atoms with Gasteiger partial charge < -0.3 is 19.5 Å². The number of carbonyl (C=O) groups is 2. The summed E-state index contributed by atoms with van der Waals surface area (Å²) in [5.74, 6) is 0.294. The minimum atomic E-state index is -0.158. The highest BCUT2D eigenvalue weighted by molar-refractivity contribution is 6.05. The van der Waals surface area contributed by atoms with Gasteiger partial charge in [-0.05, 0) is 54.7 Å². The molecule has 1 aromatic heterocycles. The van der Waals surface area contributed by atoms with Crippen molar-refractivity contribution in [2.75, 3.05) is 29.9 Å². The van der Waals surface area contributed by atoms with Crippen molar-refractivity contribution in [3.8, 4) is 0 Å². The van der Waals surface area contributed by atoms with Crippen LogP contribution in [0, 0.1) is 5.92 Å². The van der Waals surface area contributed by atoms with E-state index in [1.165, 1.54) is 18.8 Å². The Balaban J connectivity index is 1.52. The maximum absolute atomic E-state index is 13.5. The molecule has 2 amide bonds. The van der Waals surface area contributed by atoms with E-state index in [0.717, 1.165) is 38.2 Å². The fraction of sp³-hybridized carbons (Fsp3) is 0.333. The summed E-state index contributed by atoms with van der Waals surface area (Å²) < 4.78 is 5.46. The molecule has 2 atom stereocenters. The van der Waals surface area contributed by atoms with Crippen LogP contribution in [0.25, 0.3) is 0 Å². The Hall–Kier alpha value is -3.38. The van der Waals surface area contributed by atoms with Crippen LogP contribution < -0.4 is 10.2 Å². The van der Waals surface area contributed by atoms with Gasteiger partial charge in [0.1, 0.15) is 0 Å². The molecule has 1 aliphatic heterocycles. The Labute approximate surface area is 195 Å². The van der Waals surface area contributed by atoms with E-state index in [2.05, 4.69) is 41.4 Å². The number of likely N-dealkylation sites (tertiary alicyclic amines) is 1. The van der Waals surface area contributed by atoms with Crippen molar-refractivity contribution >= 4 is 23.2 Å². The lowest BCUT2D eigenvalue weighted by atomic mass is 9.91. The normalized spacial score (nSPS) is 18.6. The van der Waals surface area contributed by atoms with Gasteiger partial charge >= 0.3 is 0 Å². The fourth-order valence-electron chi connectivity index (χ4n) is 4.65. The lowest BCUT2D eigenvalue weighted by Crippen LogP contribution is -2.52. The summed E-state index contributed by atoms with van der Waals surface area (Å²) in [5.41, 5.74) is 2.78. The number of nitrogens with zero attached hydrogens (tertiary/aromatic N) is 2. The summed E-state index contributed by atoms with van der Waals surface area (Å²) in [6, 6.07) is 21.5. The molecule has 1 N–H and O–H groups in total. The summed E-state index contributed by atoms with van der Waals surface area (Å²) in [6.07, 6.45) is 3.41. The molecule has 0 aliphatic carbocycles. The van der Waals surface area contributed by atoms with Crippen molar-refractivity contribution in [2.24, 2.45) is 5.92 Å². The third-order valence-corrected chi connectivity index (χ3v) is 6.23. The first-order valence-electron chi connectivity index (χ1n) is 11.5. The number of anilines is 2. The van der Waals surface area contributed by atoms with Crippen LogP contribution >= 0.6 is 0 Å². The molecular formula is C27H31N3O3. The highest BCUT2D eigenvalue weighted by Crippen LogP contribution is 2.31. The molecule has 6 nitrogen and oxygen atoms in total. The second kappa shape index (κ2) is 10.5. The number of furan rings is 1. The van der Waals surface area contributed by atoms with Gasteiger partial charge in [0.25, 0.3) is 5.91 Å². The predicted molar refractivity (Wildman–Crippen MR) is 130 cm³/mol. The topological polar surface area (TPSA) is 65.8 Å². The van der Waals surface area contributed by atoms with Crippen molar-refractivity contribution in [3.05, 3.63) is 84.3 Å². The molecule has 1 aliphatic rings. The number of hydrogen-bond acceptors (Lipinski definition) is 4. The zero-order valence-corrected chi connectivity index (χ0v) is 19.2. The molecule has 2 heterocycles. The molecule has 3 aromatic rings. The summed E-state index contributed by atoms with van der Waals surface area (Å²) in [5, 5.41) is 2.82. The van der Waals surface area contributed by atoms with Gasteiger partial charge in [-0.1, -0.05) is 43.3 Å². The van der Waals surface area contributed by atoms with Gasteiger partial charge in [-0.2, -0.15) is 0 Å². The largest absolute Gasteiger partial charge is 0.459 e. The van der Waals surface area contributed by atoms with E-state index in [9.17, 15) is 9.59 Å². The molecule has 1 fully saturated rings. The molecule has 0 unspecified atom stereocenters. The Morgan fingerprint density at radius 3 is 2.61 bits per heavy atom. The minimum absolute atomic E-state index is 0.0307. The molecule has 0 radical (unpaired) electrons. The number of carbonyl (C=O) groups excluding carboxylic acids is 2. The lowest BCUT2D eigenvalue weighted by Gasteiger charge is -2.42. The molecule has 33 heavy (non-hydrogen) atoms. The van der Waals surface area contributed by atoms with Crippen LogP contribution in [0.1, 0.15) is 36.4 Å². The Bertz CT molecular complexity index is 1070. The van der Waals surface area contributed by atoms with Crippen LogP contribution in [0.5, 0.6) is 0 Å². The van der Waals surface area contributed by atoms with Crippen molar-refractivity contribution in [2.45, 2.75) is 32.7 Å². The number of piperidine rings is 1. The summed E-state index contributed by atoms with van der Waals surface area (Å²) in [7, 11) is 0. The van der Waals surface area contributed by atoms with E-state index in [4.69, 9.17) is 4.42 Å². The van der Waals surface area contributed by atoms with Crippen LogP contribution in [0.2, 0.25) is 0 Å². The van der Waals surface area contributed by atoms with Crippen molar-refractivity contribution in [3.63, 3.8) is 0 Å². The van der Waals surface area contributed by atoms with E-state index in [-0.39, 0.29) is 23.8 Å². The van der Waals surface area contributed by atoms with Crippen LogP contribution in [0.15, 0.2) is 77.4 Å². The molecule has 0 saturated carbocycles. The van der Waals surface area contributed by atoms with Gasteiger partial charge in [0.2, 0.25) is 5.91 Å². The van der Waals surface area contributed by atoms with E-state index in [0.29, 0.717) is 11.4 Å². The molecule has 4 rings (SSSR count). The van der Waals surface area contributed by atoms with Gasteiger partial charge in [-0.25, -0.2) is 0 Å². The SMILES string of the molecule is CC(=O)Nc1cccc(N(C(=O)c2ccco2)[C@H]2CCN(CCc3ccccc3)C[C@H]2C)c1. The van der Waals surface area contributed by atoms with E-state index in [1.54, 1.807) is 12.1 Å². The molecule has 6 heteroatoms. The number of nitrogens with one attached hydrogen (secondary N) is 1. The molecule has 1 saturated heterocycles. The monoisotopic (exact) mass is 445 g/mol. The van der Waals surface area contributed by atoms with Gasteiger partial charge in [0.15, 0.2) is 5.76 Å². The zero-order chi connectivity index (χ0) is 23.2. The fourth-order valence-corrected chi connectivity index (χ4v) is 4.65. The van der Waals surface area contributed by atoms with Crippen molar-refractivity contribution in [1.29, 1.82) is 0 Å². The molecule has 0 spiro atoms.